The molecule has 3 heterocycles. The number of rotatable bonds is 9. The van der Waals surface area contributed by atoms with Crippen molar-refractivity contribution in [3.63, 3.8) is 0 Å². The Morgan fingerprint density at radius 1 is 1.12 bits per heavy atom. The van der Waals surface area contributed by atoms with Gasteiger partial charge in [0.15, 0.2) is 0 Å². The quantitative estimate of drug-likeness (QED) is 0.437. The van der Waals surface area contributed by atoms with Crippen LogP contribution in [0.25, 0.3) is 10.6 Å². The molecule has 1 unspecified atom stereocenters. The fourth-order valence-corrected chi connectivity index (χ4v) is 3.98. The van der Waals surface area contributed by atoms with E-state index in [1.54, 1.807) is 36.0 Å². The van der Waals surface area contributed by atoms with E-state index in [4.69, 9.17) is 0 Å². The molecule has 3 aromatic heterocycles. The number of nitrogens with one attached hydrogen (secondary N) is 2. The van der Waals surface area contributed by atoms with Gasteiger partial charge in [0.25, 0.3) is 0 Å². The van der Waals surface area contributed by atoms with Crippen molar-refractivity contribution in [2.45, 2.75) is 32.9 Å². The van der Waals surface area contributed by atoms with E-state index < -0.39 is 18.2 Å². The Balaban J connectivity index is 1.64. The van der Waals surface area contributed by atoms with E-state index in [1.807, 2.05) is 26.0 Å². The molecule has 0 bridgehead atoms. The zero-order valence-corrected chi connectivity index (χ0v) is 19.1. The molecule has 0 spiro atoms. The molecule has 0 aliphatic heterocycles. The first kappa shape index (κ1) is 24.1. The zero-order chi connectivity index (χ0) is 23.8. The number of hydrogen-bond donors (Lipinski definition) is 3. The number of amides is 3. The van der Waals surface area contributed by atoms with Crippen LogP contribution >= 0.6 is 11.3 Å². The number of aliphatic hydroxyl groups is 1. The summed E-state index contributed by atoms with van der Waals surface area (Å²) in [6.45, 7) is 3.50. The summed E-state index contributed by atoms with van der Waals surface area (Å²) in [4.78, 5) is 37.8. The fraction of sp³-hybridized carbons (Fsp3) is 0.318. The number of urea groups is 1. The van der Waals surface area contributed by atoms with Gasteiger partial charge in [-0.2, -0.15) is 0 Å². The molecule has 0 aliphatic rings. The second-order valence-corrected chi connectivity index (χ2v) is 8.58. The van der Waals surface area contributed by atoms with Gasteiger partial charge in [-0.3, -0.25) is 15.6 Å². The van der Waals surface area contributed by atoms with Gasteiger partial charge < -0.3 is 19.9 Å². The second kappa shape index (κ2) is 11.3. The Bertz CT molecular complexity index is 1080. The molecular formula is C22H25N6O4S-. The molecule has 0 aliphatic carbocycles. The average Bonchev–Trinajstić information content (AvgIpc) is 3.25. The van der Waals surface area contributed by atoms with Gasteiger partial charge in [0.2, 0.25) is 0 Å². The van der Waals surface area contributed by atoms with Gasteiger partial charge in [-0.15, -0.1) is 11.3 Å². The highest BCUT2D eigenvalue weighted by molar-refractivity contribution is 7.13. The van der Waals surface area contributed by atoms with Crippen LogP contribution in [-0.2, 0) is 6.54 Å². The van der Waals surface area contributed by atoms with E-state index in [0.29, 0.717) is 17.9 Å². The van der Waals surface area contributed by atoms with Crippen molar-refractivity contribution in [2.24, 2.45) is 5.92 Å². The number of thiazole rings is 1. The first-order chi connectivity index (χ1) is 15.9. The zero-order valence-electron chi connectivity index (χ0n) is 18.3. The number of anilines is 2. The Hall–Kier alpha value is -3.57. The van der Waals surface area contributed by atoms with Gasteiger partial charge in [0.1, 0.15) is 22.7 Å². The van der Waals surface area contributed by atoms with Crippen LogP contribution in [0.1, 0.15) is 26.0 Å². The highest BCUT2D eigenvalue weighted by Crippen LogP contribution is 2.25. The summed E-state index contributed by atoms with van der Waals surface area (Å²) in [6.07, 6.45) is 2.44. The number of carbonyl (C=O) groups is 2. The van der Waals surface area contributed by atoms with Crippen molar-refractivity contribution in [2.75, 3.05) is 17.2 Å². The smallest absolute Gasteiger partial charge is 0.326 e. The first-order valence-corrected chi connectivity index (χ1v) is 11.2. The van der Waals surface area contributed by atoms with Gasteiger partial charge in [-0.1, -0.05) is 19.9 Å². The number of aliphatic hydroxyl groups excluding tert-OH is 1. The van der Waals surface area contributed by atoms with Gasteiger partial charge in [0.05, 0.1) is 24.9 Å². The Kier molecular flexibility index (Phi) is 8.28. The molecule has 10 nitrogen and oxygen atoms in total. The monoisotopic (exact) mass is 469 g/mol. The van der Waals surface area contributed by atoms with Crippen molar-refractivity contribution < 1.29 is 19.8 Å². The molecule has 174 valence electrons. The van der Waals surface area contributed by atoms with E-state index >= 15 is 0 Å². The molecule has 1 atom stereocenters. The molecule has 0 fully saturated rings. The largest absolute Gasteiger partial charge is 0.530 e. The molecule has 11 heteroatoms. The number of nitrogens with zero attached hydrogens (tertiary/aromatic N) is 4. The summed E-state index contributed by atoms with van der Waals surface area (Å²) >= 11 is 1.39. The molecule has 3 aromatic rings. The van der Waals surface area contributed by atoms with E-state index in [9.17, 15) is 19.8 Å². The van der Waals surface area contributed by atoms with Crippen LogP contribution in [0.5, 0.6) is 0 Å². The molecule has 3 N–H and O–H groups in total. The molecule has 3 rings (SSSR count). The van der Waals surface area contributed by atoms with Crippen LogP contribution in [0.2, 0.25) is 0 Å². The van der Waals surface area contributed by atoms with Gasteiger partial charge in [-0.05, 0) is 36.6 Å². The van der Waals surface area contributed by atoms with Crippen LogP contribution in [0.15, 0.2) is 48.1 Å². The third-order valence-corrected chi connectivity index (χ3v) is 5.57. The number of hydrogen-bond acceptors (Lipinski definition) is 8. The summed E-state index contributed by atoms with van der Waals surface area (Å²) in [7, 11) is 0. The normalized spacial score (nSPS) is 11.8. The Labute approximate surface area is 195 Å². The van der Waals surface area contributed by atoms with Crippen molar-refractivity contribution >= 4 is 35.1 Å². The standard InChI is InChI=1S/C22H26N6O4S/c1-14(2)10-17(12-29)28(22(31)32)11-16-4-3-5-18(24-16)26-21(30)27-19-13-33-20(25-19)15-6-8-23-9-7-15/h3-9,13-14,17,29H,10-12H2,1-2H3,(H,31,32)(H2,24,26,27,30)/p-1. The molecule has 0 aromatic carbocycles. The van der Waals surface area contributed by atoms with Crippen LogP contribution in [-0.4, -0.2) is 49.7 Å². The van der Waals surface area contributed by atoms with Crippen molar-refractivity contribution in [3.8, 4) is 10.6 Å². The van der Waals surface area contributed by atoms with Crippen LogP contribution < -0.4 is 15.7 Å². The molecule has 0 saturated heterocycles. The fourth-order valence-electron chi connectivity index (χ4n) is 3.22. The highest BCUT2D eigenvalue weighted by Gasteiger charge is 2.20. The summed E-state index contributed by atoms with van der Waals surface area (Å²) < 4.78 is 0. The summed E-state index contributed by atoms with van der Waals surface area (Å²) in [5, 5.41) is 29.0. The molecule has 33 heavy (non-hydrogen) atoms. The minimum atomic E-state index is -1.39. The second-order valence-electron chi connectivity index (χ2n) is 7.73. The average molecular weight is 470 g/mol. The maximum Gasteiger partial charge on any atom is 0.326 e. The minimum Gasteiger partial charge on any atom is -0.530 e. The van der Waals surface area contributed by atoms with E-state index in [-0.39, 0.29) is 24.9 Å². The van der Waals surface area contributed by atoms with Crippen LogP contribution in [0.4, 0.5) is 21.2 Å². The van der Waals surface area contributed by atoms with Crippen molar-refractivity contribution in [1.29, 1.82) is 0 Å². The van der Waals surface area contributed by atoms with Crippen LogP contribution in [0.3, 0.4) is 0 Å². The van der Waals surface area contributed by atoms with E-state index in [0.717, 1.165) is 15.5 Å². The van der Waals surface area contributed by atoms with Gasteiger partial charge in [-0.25, -0.2) is 14.8 Å². The predicted molar refractivity (Wildman–Crippen MR) is 123 cm³/mol. The summed E-state index contributed by atoms with van der Waals surface area (Å²) in [5.41, 5.74) is 1.31. The number of aromatic nitrogens is 3. The molecule has 3 amide bonds. The number of carboxylic acid groups (broad SMARTS) is 1. The lowest BCUT2D eigenvalue weighted by Gasteiger charge is -2.33. The minimum absolute atomic E-state index is 0.0706. The Morgan fingerprint density at radius 2 is 1.85 bits per heavy atom. The van der Waals surface area contributed by atoms with Crippen molar-refractivity contribution in [1.82, 2.24) is 19.9 Å². The van der Waals surface area contributed by atoms with Gasteiger partial charge in [0, 0.05) is 23.3 Å². The maximum atomic E-state index is 12.4. The lowest BCUT2D eigenvalue weighted by Crippen LogP contribution is -2.49. The number of carbonyl (C=O) groups excluding carboxylic acids is 2. The molecule has 0 saturated carbocycles. The molecule has 0 radical (unpaired) electrons. The van der Waals surface area contributed by atoms with E-state index in [1.165, 1.54) is 11.3 Å². The van der Waals surface area contributed by atoms with Crippen LogP contribution in [0, 0.1) is 5.92 Å². The molecular weight excluding hydrogens is 444 g/mol. The maximum absolute atomic E-state index is 12.4. The number of pyridine rings is 2. The van der Waals surface area contributed by atoms with E-state index in [2.05, 4.69) is 25.6 Å². The SMILES string of the molecule is CC(C)CC(CO)N(Cc1cccc(NC(=O)Nc2csc(-c3ccncc3)n2)n1)C(=O)[O-]. The van der Waals surface area contributed by atoms with Gasteiger partial charge >= 0.3 is 6.03 Å². The lowest BCUT2D eigenvalue weighted by atomic mass is 10.0. The highest BCUT2D eigenvalue weighted by atomic mass is 32.1. The summed E-state index contributed by atoms with van der Waals surface area (Å²) in [6, 6.07) is 7.42. The van der Waals surface area contributed by atoms with Crippen molar-refractivity contribution in [3.05, 3.63) is 53.8 Å². The Morgan fingerprint density at radius 3 is 2.52 bits per heavy atom. The summed E-state index contributed by atoms with van der Waals surface area (Å²) in [5.74, 6) is 0.832. The topological polar surface area (TPSA) is 143 Å². The predicted octanol–water partition coefficient (Wildman–Crippen LogP) is 2.80. The lowest BCUT2D eigenvalue weighted by molar-refractivity contribution is -0.269. The third-order valence-electron chi connectivity index (χ3n) is 4.68. The third kappa shape index (κ3) is 6.96. The first-order valence-electron chi connectivity index (χ1n) is 10.3.